The number of aromatic nitrogens is 2. The number of hydrogen-bond acceptors (Lipinski definition) is 4. The van der Waals surface area contributed by atoms with Crippen LogP contribution in [0.4, 0.5) is 0 Å². The number of carbonyl (C=O) groups is 1. The van der Waals surface area contributed by atoms with E-state index in [4.69, 9.17) is 4.52 Å². The topological polar surface area (TPSA) is 59.2 Å². The molecule has 2 heterocycles. The van der Waals surface area contributed by atoms with Crippen LogP contribution in [0.15, 0.2) is 65.2 Å². The molecule has 0 unspecified atom stereocenters. The standard InChI is InChI=1S/C22H19N3O2/c1-14-9-11-16(12-10-14)20-19-17(22(26)25(2)3)13-18(23-21(19)27-24-20)15-7-5-4-6-8-15/h4-13H,1-3H3. The summed E-state index contributed by atoms with van der Waals surface area (Å²) in [5, 5.41) is 4.86. The van der Waals surface area contributed by atoms with Crippen LogP contribution in [0.3, 0.4) is 0 Å². The average Bonchev–Trinajstić information content (AvgIpc) is 3.12. The predicted octanol–water partition coefficient (Wildman–Crippen LogP) is 4.57. The smallest absolute Gasteiger partial charge is 0.259 e. The van der Waals surface area contributed by atoms with Crippen LogP contribution >= 0.6 is 0 Å². The van der Waals surface area contributed by atoms with Gasteiger partial charge in [0.1, 0.15) is 5.69 Å². The van der Waals surface area contributed by atoms with Gasteiger partial charge in [0.05, 0.1) is 16.6 Å². The Kier molecular flexibility index (Phi) is 4.20. The Morgan fingerprint density at radius 2 is 1.67 bits per heavy atom. The summed E-state index contributed by atoms with van der Waals surface area (Å²) < 4.78 is 5.53. The van der Waals surface area contributed by atoms with Gasteiger partial charge in [0.15, 0.2) is 0 Å². The minimum absolute atomic E-state index is 0.115. The van der Waals surface area contributed by atoms with E-state index in [2.05, 4.69) is 10.1 Å². The van der Waals surface area contributed by atoms with Crippen LogP contribution in [-0.2, 0) is 0 Å². The molecule has 0 bridgehead atoms. The summed E-state index contributed by atoms with van der Waals surface area (Å²) in [5.41, 5.74) is 5.16. The van der Waals surface area contributed by atoms with Crippen molar-refractivity contribution < 1.29 is 9.32 Å². The summed E-state index contributed by atoms with van der Waals surface area (Å²) in [4.78, 5) is 19.1. The van der Waals surface area contributed by atoms with E-state index in [1.807, 2.05) is 67.6 Å². The molecule has 0 saturated carbocycles. The molecule has 0 radical (unpaired) electrons. The fourth-order valence-electron chi connectivity index (χ4n) is 3.03. The third-order valence-corrected chi connectivity index (χ3v) is 4.48. The third-order valence-electron chi connectivity index (χ3n) is 4.48. The highest BCUT2D eigenvalue weighted by Gasteiger charge is 2.22. The summed E-state index contributed by atoms with van der Waals surface area (Å²) >= 11 is 0. The van der Waals surface area contributed by atoms with Crippen molar-refractivity contribution in [3.05, 3.63) is 71.8 Å². The van der Waals surface area contributed by atoms with Gasteiger partial charge in [0, 0.05) is 25.2 Å². The van der Waals surface area contributed by atoms with E-state index in [9.17, 15) is 4.79 Å². The van der Waals surface area contributed by atoms with E-state index in [1.54, 1.807) is 19.0 Å². The Balaban J connectivity index is 1.98. The summed E-state index contributed by atoms with van der Waals surface area (Å²) in [6, 6.07) is 19.5. The predicted molar refractivity (Wildman–Crippen MR) is 105 cm³/mol. The first-order chi connectivity index (χ1) is 13.0. The van der Waals surface area contributed by atoms with E-state index in [0.717, 1.165) is 16.7 Å². The first-order valence-corrected chi connectivity index (χ1v) is 8.69. The SMILES string of the molecule is Cc1ccc(-c2noc3nc(-c4ccccc4)cc(C(=O)N(C)C)c23)cc1. The van der Waals surface area contributed by atoms with Crippen molar-refractivity contribution in [2.24, 2.45) is 0 Å². The van der Waals surface area contributed by atoms with Gasteiger partial charge in [0.25, 0.3) is 11.6 Å². The van der Waals surface area contributed by atoms with Crippen molar-refractivity contribution in [1.82, 2.24) is 15.0 Å². The Morgan fingerprint density at radius 3 is 2.33 bits per heavy atom. The van der Waals surface area contributed by atoms with Gasteiger partial charge in [-0.15, -0.1) is 0 Å². The summed E-state index contributed by atoms with van der Waals surface area (Å²) in [7, 11) is 3.46. The van der Waals surface area contributed by atoms with Crippen LogP contribution in [0.1, 0.15) is 15.9 Å². The molecule has 2 aromatic carbocycles. The van der Waals surface area contributed by atoms with Gasteiger partial charge in [-0.3, -0.25) is 4.79 Å². The Bertz CT molecular complexity index is 1110. The lowest BCUT2D eigenvalue weighted by Gasteiger charge is -2.12. The average molecular weight is 357 g/mol. The van der Waals surface area contributed by atoms with Crippen molar-refractivity contribution in [2.75, 3.05) is 14.1 Å². The molecule has 5 heteroatoms. The number of fused-ring (bicyclic) bond motifs is 1. The maximum Gasteiger partial charge on any atom is 0.259 e. The zero-order valence-electron chi connectivity index (χ0n) is 15.4. The van der Waals surface area contributed by atoms with Crippen molar-refractivity contribution in [3.8, 4) is 22.5 Å². The quantitative estimate of drug-likeness (QED) is 0.539. The van der Waals surface area contributed by atoms with Crippen LogP contribution in [0, 0.1) is 6.92 Å². The Hall–Kier alpha value is -3.47. The lowest BCUT2D eigenvalue weighted by Crippen LogP contribution is -2.22. The second-order valence-electron chi connectivity index (χ2n) is 6.70. The number of benzene rings is 2. The second kappa shape index (κ2) is 6.68. The third kappa shape index (κ3) is 3.08. The van der Waals surface area contributed by atoms with Crippen molar-refractivity contribution in [2.45, 2.75) is 6.92 Å². The first kappa shape index (κ1) is 17.0. The monoisotopic (exact) mass is 357 g/mol. The molecule has 5 nitrogen and oxygen atoms in total. The van der Waals surface area contributed by atoms with E-state index >= 15 is 0 Å². The highest BCUT2D eigenvalue weighted by Crippen LogP contribution is 2.33. The number of nitrogens with zero attached hydrogens (tertiary/aromatic N) is 3. The summed E-state index contributed by atoms with van der Waals surface area (Å²) in [6.07, 6.45) is 0. The zero-order chi connectivity index (χ0) is 19.0. The summed E-state index contributed by atoms with van der Waals surface area (Å²) in [5.74, 6) is -0.115. The van der Waals surface area contributed by atoms with Gasteiger partial charge >= 0.3 is 0 Å². The highest BCUT2D eigenvalue weighted by atomic mass is 16.5. The van der Waals surface area contributed by atoms with Crippen LogP contribution in [0.2, 0.25) is 0 Å². The van der Waals surface area contributed by atoms with Crippen molar-refractivity contribution >= 4 is 17.0 Å². The molecule has 27 heavy (non-hydrogen) atoms. The molecule has 0 aliphatic rings. The zero-order valence-corrected chi connectivity index (χ0v) is 15.4. The number of aryl methyl sites for hydroxylation is 1. The molecule has 0 fully saturated rings. The van der Waals surface area contributed by atoms with E-state index in [1.165, 1.54) is 0 Å². The fraction of sp³-hybridized carbons (Fsp3) is 0.136. The molecule has 134 valence electrons. The number of carbonyl (C=O) groups excluding carboxylic acids is 1. The van der Waals surface area contributed by atoms with Crippen LogP contribution in [-0.4, -0.2) is 35.0 Å². The number of amides is 1. The molecular formula is C22H19N3O2. The lowest BCUT2D eigenvalue weighted by atomic mass is 10.0. The molecule has 2 aromatic heterocycles. The van der Waals surface area contributed by atoms with Gasteiger partial charge in [-0.25, -0.2) is 4.98 Å². The lowest BCUT2D eigenvalue weighted by molar-refractivity contribution is 0.0829. The van der Waals surface area contributed by atoms with Crippen molar-refractivity contribution in [3.63, 3.8) is 0 Å². The van der Waals surface area contributed by atoms with Crippen molar-refractivity contribution in [1.29, 1.82) is 0 Å². The first-order valence-electron chi connectivity index (χ1n) is 8.69. The molecule has 0 saturated heterocycles. The van der Waals surface area contributed by atoms with Gasteiger partial charge in [-0.05, 0) is 13.0 Å². The summed E-state index contributed by atoms with van der Waals surface area (Å²) in [6.45, 7) is 2.03. The van der Waals surface area contributed by atoms with Gasteiger partial charge in [0.2, 0.25) is 0 Å². The maximum absolute atomic E-state index is 12.9. The second-order valence-corrected chi connectivity index (χ2v) is 6.70. The molecule has 4 rings (SSSR count). The number of hydrogen-bond donors (Lipinski definition) is 0. The molecule has 0 spiro atoms. The van der Waals surface area contributed by atoms with Crippen LogP contribution in [0.25, 0.3) is 33.6 Å². The van der Waals surface area contributed by atoms with E-state index < -0.39 is 0 Å². The minimum Gasteiger partial charge on any atom is -0.345 e. The van der Waals surface area contributed by atoms with E-state index in [-0.39, 0.29) is 5.91 Å². The van der Waals surface area contributed by atoms with Gasteiger partial charge in [-0.2, -0.15) is 0 Å². The molecule has 0 aliphatic carbocycles. The molecule has 1 amide bonds. The Labute approximate surface area is 157 Å². The number of rotatable bonds is 3. The number of pyridine rings is 1. The van der Waals surface area contributed by atoms with Crippen LogP contribution in [0.5, 0.6) is 0 Å². The molecular weight excluding hydrogens is 338 g/mol. The highest BCUT2D eigenvalue weighted by molar-refractivity contribution is 6.10. The maximum atomic E-state index is 12.9. The molecule has 4 aromatic rings. The van der Waals surface area contributed by atoms with Gasteiger partial charge in [-0.1, -0.05) is 65.3 Å². The van der Waals surface area contributed by atoms with E-state index in [0.29, 0.717) is 28.1 Å². The normalized spacial score (nSPS) is 10.9. The van der Waals surface area contributed by atoms with Crippen LogP contribution < -0.4 is 0 Å². The minimum atomic E-state index is -0.115. The molecule has 0 N–H and O–H groups in total. The Morgan fingerprint density at radius 1 is 0.963 bits per heavy atom. The molecule has 0 aliphatic heterocycles. The van der Waals surface area contributed by atoms with Gasteiger partial charge < -0.3 is 9.42 Å². The molecule has 0 atom stereocenters. The largest absolute Gasteiger partial charge is 0.345 e. The fourth-order valence-corrected chi connectivity index (χ4v) is 3.03.